The first-order chi connectivity index (χ1) is 7.27. The third-order valence-electron chi connectivity index (χ3n) is 3.31. The van der Waals surface area contributed by atoms with Crippen molar-refractivity contribution in [3.63, 3.8) is 0 Å². The number of hydrogen-bond acceptors (Lipinski definition) is 1. The summed E-state index contributed by atoms with van der Waals surface area (Å²) in [6, 6.07) is 0. The minimum atomic E-state index is -1.25. The number of methoxy groups -OCH3 is 1. The Bertz CT molecular complexity index is 372. The molecule has 0 unspecified atom stereocenters. The summed E-state index contributed by atoms with van der Waals surface area (Å²) in [6.07, 6.45) is 2.20. The topological polar surface area (TPSA) is 9.23 Å². The molecule has 1 aliphatic carbocycles. The second-order valence-corrected chi connectivity index (χ2v) is 11.3. The van der Waals surface area contributed by atoms with E-state index in [2.05, 4.69) is 49.3 Å². The summed E-state index contributed by atoms with van der Waals surface area (Å²) in [4.78, 5) is 0. The maximum atomic E-state index is 5.40. The predicted octanol–water partition coefficient (Wildman–Crippen LogP) is 3.61. The standard InChI is InChI=1S/C13H22OSi.Cr/c1-10-7-12(9-14-3)13(8-11(10)2)15(4,5)6;/h7-8H2,1-6H3;. The monoisotopic (exact) mass is 274 g/mol. The van der Waals surface area contributed by atoms with Crippen LogP contribution in [-0.2, 0) is 20.6 Å². The third-order valence-corrected chi connectivity index (χ3v) is 6.25. The first kappa shape index (κ1) is 14.1. The van der Waals surface area contributed by atoms with Gasteiger partial charge in [0.1, 0.15) is 0 Å². The van der Waals surface area contributed by atoms with E-state index in [0.29, 0.717) is 0 Å². The molecule has 0 saturated carbocycles. The molecular weight excluding hydrogens is 252 g/mol. The third kappa shape index (κ3) is 3.05. The zero-order valence-corrected chi connectivity index (χ0v) is 13.5. The van der Waals surface area contributed by atoms with E-state index in [-0.39, 0.29) is 0 Å². The summed E-state index contributed by atoms with van der Waals surface area (Å²) in [6.45, 7) is 11.7. The first-order valence-electron chi connectivity index (χ1n) is 5.73. The van der Waals surface area contributed by atoms with Gasteiger partial charge >= 0.3 is 109 Å². The Labute approximate surface area is 109 Å². The Hall–Kier alpha value is 0.0594. The Balaban J connectivity index is 3.18. The van der Waals surface area contributed by atoms with Crippen molar-refractivity contribution in [3.8, 4) is 0 Å². The summed E-state index contributed by atoms with van der Waals surface area (Å²) in [7, 11) is 0.506. The van der Waals surface area contributed by atoms with Gasteiger partial charge in [-0.25, -0.2) is 0 Å². The van der Waals surface area contributed by atoms with Gasteiger partial charge in [0.2, 0.25) is 0 Å². The molecule has 0 fully saturated rings. The zero-order chi connectivity index (χ0) is 12.5. The predicted molar refractivity (Wildman–Crippen MR) is 70.0 cm³/mol. The van der Waals surface area contributed by atoms with Gasteiger partial charge in [0.15, 0.2) is 0 Å². The van der Waals surface area contributed by atoms with Gasteiger partial charge in [-0.1, -0.05) is 0 Å². The average molecular weight is 274 g/mol. The van der Waals surface area contributed by atoms with Crippen LogP contribution < -0.4 is 0 Å². The van der Waals surface area contributed by atoms with E-state index >= 15 is 0 Å². The van der Waals surface area contributed by atoms with E-state index in [1.165, 1.54) is 11.1 Å². The van der Waals surface area contributed by atoms with Crippen molar-refractivity contribution in [2.24, 2.45) is 0 Å². The fourth-order valence-electron chi connectivity index (χ4n) is 2.08. The number of ether oxygens (including phenoxy) is 1. The molecule has 0 N–H and O–H groups in total. The molecule has 0 spiro atoms. The normalized spacial score (nSPS) is 18.1. The van der Waals surface area contributed by atoms with Crippen LogP contribution in [0.3, 0.4) is 0 Å². The molecule has 0 aromatic heterocycles. The van der Waals surface area contributed by atoms with Crippen molar-refractivity contribution in [2.75, 3.05) is 7.11 Å². The van der Waals surface area contributed by atoms with Crippen molar-refractivity contribution in [2.45, 2.75) is 46.3 Å². The number of rotatable bonds is 3. The fourth-order valence-corrected chi connectivity index (χ4v) is 4.44. The second kappa shape index (κ2) is 5.14. The van der Waals surface area contributed by atoms with Crippen LogP contribution in [0.15, 0.2) is 21.9 Å². The van der Waals surface area contributed by atoms with Crippen LogP contribution in [0.5, 0.6) is 0 Å². The Morgan fingerprint density at radius 2 is 1.62 bits per heavy atom. The van der Waals surface area contributed by atoms with Gasteiger partial charge in [-0.2, -0.15) is 0 Å². The van der Waals surface area contributed by atoms with E-state index in [0.717, 1.165) is 17.4 Å². The van der Waals surface area contributed by atoms with Crippen LogP contribution in [0, 0.1) is 0 Å². The molecule has 0 amide bonds. The molecule has 0 atom stereocenters. The van der Waals surface area contributed by atoms with Crippen molar-refractivity contribution in [1.82, 2.24) is 0 Å². The van der Waals surface area contributed by atoms with Gasteiger partial charge in [0.05, 0.1) is 0 Å². The molecule has 1 aliphatic rings. The summed E-state index contributed by atoms with van der Waals surface area (Å²) in [5.74, 6) is 0. The van der Waals surface area contributed by atoms with Gasteiger partial charge in [-0.05, 0) is 0 Å². The first-order valence-corrected chi connectivity index (χ1v) is 9.87. The van der Waals surface area contributed by atoms with E-state index in [1.807, 2.05) is 0 Å². The van der Waals surface area contributed by atoms with Crippen molar-refractivity contribution in [1.29, 1.82) is 0 Å². The van der Waals surface area contributed by atoms with E-state index < -0.39 is 8.07 Å². The van der Waals surface area contributed by atoms with Crippen LogP contribution in [0.2, 0.25) is 19.6 Å². The van der Waals surface area contributed by atoms with Crippen LogP contribution in [-0.4, -0.2) is 19.7 Å². The van der Waals surface area contributed by atoms with Gasteiger partial charge < -0.3 is 0 Å². The van der Waals surface area contributed by atoms with Crippen LogP contribution in [0.25, 0.3) is 0 Å². The average Bonchev–Trinajstić information content (AvgIpc) is 2.18. The second-order valence-electron chi connectivity index (χ2n) is 5.61. The van der Waals surface area contributed by atoms with E-state index in [9.17, 15) is 0 Å². The molecule has 0 radical (unpaired) electrons. The van der Waals surface area contributed by atoms with E-state index in [4.69, 9.17) is 4.74 Å². The molecule has 0 saturated heterocycles. The molecule has 3 heteroatoms. The summed E-state index contributed by atoms with van der Waals surface area (Å²) < 4.78 is 6.39. The van der Waals surface area contributed by atoms with Gasteiger partial charge in [0.25, 0.3) is 0 Å². The van der Waals surface area contributed by atoms with E-state index in [1.54, 1.807) is 17.9 Å². The maximum absolute atomic E-state index is 5.40. The number of hydrogen-bond donors (Lipinski definition) is 0. The summed E-state index contributed by atoms with van der Waals surface area (Å²) in [5.41, 5.74) is 4.47. The quantitative estimate of drug-likeness (QED) is 0.564. The fraction of sp³-hybridized carbons (Fsp3) is 0.615. The molecule has 1 rings (SSSR count). The van der Waals surface area contributed by atoms with Crippen molar-refractivity contribution >= 4 is 12.6 Å². The Morgan fingerprint density at radius 1 is 1.12 bits per heavy atom. The Kier molecular flexibility index (Phi) is 4.54. The Morgan fingerprint density at radius 3 is 2.06 bits per heavy atom. The molecule has 1 nitrogen and oxygen atoms in total. The summed E-state index contributed by atoms with van der Waals surface area (Å²) in [5, 5.41) is 1.64. The van der Waals surface area contributed by atoms with Gasteiger partial charge in [0, 0.05) is 0 Å². The van der Waals surface area contributed by atoms with Crippen LogP contribution in [0.1, 0.15) is 26.7 Å². The molecule has 0 bridgehead atoms. The SMILES string of the molecule is CO[C](=[Cr])C1=C([Si](C)(C)C)CC(C)=C(C)C1. The molecule has 0 aromatic rings. The molecule has 90 valence electrons. The molecule has 0 aromatic carbocycles. The van der Waals surface area contributed by atoms with Crippen LogP contribution in [0.4, 0.5) is 0 Å². The molecule has 0 heterocycles. The summed E-state index contributed by atoms with van der Waals surface area (Å²) >= 11 is 3.07. The van der Waals surface area contributed by atoms with Crippen molar-refractivity contribution in [3.05, 3.63) is 21.9 Å². The van der Waals surface area contributed by atoms with Crippen molar-refractivity contribution < 1.29 is 20.6 Å². The molecular formula is C13H22CrOSi. The zero-order valence-electron chi connectivity index (χ0n) is 11.2. The van der Waals surface area contributed by atoms with Gasteiger partial charge in [-0.15, -0.1) is 0 Å². The van der Waals surface area contributed by atoms with Crippen LogP contribution >= 0.6 is 0 Å². The number of allylic oxidation sites excluding steroid dienone is 3. The minimum absolute atomic E-state index is 0.990. The molecule has 0 aliphatic heterocycles. The van der Waals surface area contributed by atoms with Gasteiger partial charge in [-0.3, -0.25) is 0 Å². The molecule has 16 heavy (non-hydrogen) atoms.